The van der Waals surface area contributed by atoms with Gasteiger partial charge in [-0.3, -0.25) is 4.79 Å². The summed E-state index contributed by atoms with van der Waals surface area (Å²) in [6.07, 6.45) is 3.20. The third-order valence-electron chi connectivity index (χ3n) is 5.17. The molecule has 0 N–H and O–H groups in total. The van der Waals surface area contributed by atoms with Crippen LogP contribution in [0.3, 0.4) is 0 Å². The Kier molecular flexibility index (Phi) is 5.43. The number of hydrogen-bond donors (Lipinski definition) is 0. The van der Waals surface area contributed by atoms with Crippen LogP contribution in [-0.4, -0.2) is 42.7 Å². The fourth-order valence-electron chi connectivity index (χ4n) is 3.67. The van der Waals surface area contributed by atoms with Gasteiger partial charge >= 0.3 is 5.97 Å². The highest BCUT2D eigenvalue weighted by atomic mass is 32.1. The van der Waals surface area contributed by atoms with E-state index in [0.29, 0.717) is 6.61 Å². The number of aromatic nitrogens is 2. The number of benzene rings is 1. The second-order valence-electron chi connectivity index (χ2n) is 6.77. The first-order chi connectivity index (χ1) is 13.7. The van der Waals surface area contributed by atoms with Gasteiger partial charge in [-0.25, -0.2) is 9.97 Å². The van der Waals surface area contributed by atoms with Gasteiger partial charge in [0, 0.05) is 24.0 Å². The Morgan fingerprint density at radius 2 is 1.96 bits per heavy atom. The summed E-state index contributed by atoms with van der Waals surface area (Å²) in [5.41, 5.74) is 2.25. The van der Waals surface area contributed by atoms with E-state index >= 15 is 0 Å². The first-order valence-corrected chi connectivity index (χ1v) is 10.4. The Balaban J connectivity index is 1.63. The number of hydrogen-bond acceptors (Lipinski definition) is 7. The number of nitrogens with zero attached hydrogens (tertiary/aromatic N) is 3. The second-order valence-corrected chi connectivity index (χ2v) is 7.63. The summed E-state index contributed by atoms with van der Waals surface area (Å²) in [6.45, 7) is 3.86. The van der Waals surface area contributed by atoms with Crippen molar-refractivity contribution in [2.24, 2.45) is 5.92 Å². The maximum absolute atomic E-state index is 12.0. The van der Waals surface area contributed by atoms with Crippen LogP contribution in [0.2, 0.25) is 0 Å². The van der Waals surface area contributed by atoms with Crippen LogP contribution in [0.5, 0.6) is 5.75 Å². The monoisotopic (exact) mass is 397 g/mol. The van der Waals surface area contributed by atoms with Crippen molar-refractivity contribution in [3.05, 3.63) is 36.0 Å². The van der Waals surface area contributed by atoms with Gasteiger partial charge < -0.3 is 14.4 Å². The Labute approximate surface area is 168 Å². The van der Waals surface area contributed by atoms with Crippen LogP contribution in [0.25, 0.3) is 21.3 Å². The van der Waals surface area contributed by atoms with Gasteiger partial charge in [-0.15, -0.1) is 11.3 Å². The largest absolute Gasteiger partial charge is 0.497 e. The molecule has 3 heterocycles. The molecule has 1 aromatic carbocycles. The molecular weight excluding hydrogens is 374 g/mol. The summed E-state index contributed by atoms with van der Waals surface area (Å²) in [5, 5.41) is 3.21. The van der Waals surface area contributed by atoms with Gasteiger partial charge in [0.15, 0.2) is 0 Å². The standard InChI is InChI=1S/C21H23N3O3S/c1-3-27-21(25)15-8-10-24(11-9-15)19-18-17(12-28-20(18)23-13-22-19)14-4-6-16(26-2)7-5-14/h4-7,12-13,15H,3,8-11H2,1-2H3. The van der Waals surface area contributed by atoms with Crippen LogP contribution in [0.1, 0.15) is 19.8 Å². The van der Waals surface area contributed by atoms with Gasteiger partial charge in [0.2, 0.25) is 0 Å². The summed E-state index contributed by atoms with van der Waals surface area (Å²) >= 11 is 1.63. The molecule has 4 rings (SSSR count). The molecule has 146 valence electrons. The topological polar surface area (TPSA) is 64.5 Å². The van der Waals surface area contributed by atoms with Crippen LogP contribution in [0.4, 0.5) is 5.82 Å². The number of anilines is 1. The molecule has 0 atom stereocenters. The second kappa shape index (κ2) is 8.14. The highest BCUT2D eigenvalue weighted by Gasteiger charge is 2.28. The summed E-state index contributed by atoms with van der Waals surface area (Å²) in [5.74, 6) is 1.68. The van der Waals surface area contributed by atoms with E-state index in [1.165, 1.54) is 0 Å². The highest BCUT2D eigenvalue weighted by Crippen LogP contribution is 2.39. The Morgan fingerprint density at radius 3 is 2.64 bits per heavy atom. The molecule has 0 aliphatic carbocycles. The van der Waals surface area contributed by atoms with Gasteiger partial charge in [-0.05, 0) is 37.5 Å². The van der Waals surface area contributed by atoms with E-state index in [0.717, 1.165) is 58.8 Å². The molecule has 6 nitrogen and oxygen atoms in total. The number of methoxy groups -OCH3 is 1. The molecule has 0 spiro atoms. The Morgan fingerprint density at radius 1 is 1.21 bits per heavy atom. The van der Waals surface area contributed by atoms with Crippen molar-refractivity contribution in [3.8, 4) is 16.9 Å². The molecular formula is C21H23N3O3S. The number of rotatable bonds is 5. The summed E-state index contributed by atoms with van der Waals surface area (Å²) in [6, 6.07) is 8.05. The van der Waals surface area contributed by atoms with E-state index in [1.54, 1.807) is 24.8 Å². The number of thiophene rings is 1. The predicted molar refractivity (Wildman–Crippen MR) is 111 cm³/mol. The van der Waals surface area contributed by atoms with Crippen molar-refractivity contribution in [2.45, 2.75) is 19.8 Å². The molecule has 1 fully saturated rings. The maximum Gasteiger partial charge on any atom is 0.309 e. The van der Waals surface area contributed by atoms with Gasteiger partial charge in [-0.2, -0.15) is 0 Å². The molecule has 0 amide bonds. The van der Waals surface area contributed by atoms with Crippen molar-refractivity contribution in [1.82, 2.24) is 9.97 Å². The third kappa shape index (κ3) is 3.54. The van der Waals surface area contributed by atoms with E-state index in [1.807, 2.05) is 19.1 Å². The Hall–Kier alpha value is -2.67. The van der Waals surface area contributed by atoms with E-state index in [2.05, 4.69) is 32.4 Å². The number of piperidine rings is 1. The van der Waals surface area contributed by atoms with E-state index in [9.17, 15) is 4.79 Å². The van der Waals surface area contributed by atoms with Crippen molar-refractivity contribution in [1.29, 1.82) is 0 Å². The van der Waals surface area contributed by atoms with E-state index in [4.69, 9.17) is 9.47 Å². The van der Waals surface area contributed by atoms with Crippen molar-refractivity contribution >= 4 is 33.3 Å². The fourth-order valence-corrected chi connectivity index (χ4v) is 4.58. The zero-order valence-corrected chi connectivity index (χ0v) is 16.9. The van der Waals surface area contributed by atoms with E-state index in [-0.39, 0.29) is 11.9 Å². The summed E-state index contributed by atoms with van der Waals surface area (Å²) in [7, 11) is 1.67. The number of carbonyl (C=O) groups excluding carboxylic acids is 1. The SMILES string of the molecule is CCOC(=O)C1CCN(c2ncnc3scc(-c4ccc(OC)cc4)c23)CC1. The fraction of sp³-hybridized carbons (Fsp3) is 0.381. The number of esters is 1. The summed E-state index contributed by atoms with van der Waals surface area (Å²) < 4.78 is 10.5. The van der Waals surface area contributed by atoms with Gasteiger partial charge in [0.25, 0.3) is 0 Å². The molecule has 0 saturated carbocycles. The molecule has 0 bridgehead atoms. The minimum atomic E-state index is -0.0792. The number of ether oxygens (including phenoxy) is 2. The zero-order chi connectivity index (χ0) is 19.5. The number of fused-ring (bicyclic) bond motifs is 1. The molecule has 0 unspecified atom stereocenters. The van der Waals surface area contributed by atoms with Crippen LogP contribution < -0.4 is 9.64 Å². The minimum Gasteiger partial charge on any atom is -0.497 e. The van der Waals surface area contributed by atoms with Gasteiger partial charge in [-0.1, -0.05) is 12.1 Å². The van der Waals surface area contributed by atoms with Crippen LogP contribution in [0, 0.1) is 5.92 Å². The lowest BCUT2D eigenvalue weighted by atomic mass is 9.96. The molecule has 7 heteroatoms. The lowest BCUT2D eigenvalue weighted by Gasteiger charge is -2.32. The zero-order valence-electron chi connectivity index (χ0n) is 16.1. The van der Waals surface area contributed by atoms with Crippen molar-refractivity contribution < 1.29 is 14.3 Å². The highest BCUT2D eigenvalue weighted by molar-refractivity contribution is 7.17. The molecule has 2 aromatic heterocycles. The average Bonchev–Trinajstić information content (AvgIpc) is 3.18. The lowest BCUT2D eigenvalue weighted by Crippen LogP contribution is -2.37. The van der Waals surface area contributed by atoms with Gasteiger partial charge in [0.05, 0.1) is 25.0 Å². The lowest BCUT2D eigenvalue weighted by molar-refractivity contribution is -0.148. The molecule has 1 saturated heterocycles. The molecule has 3 aromatic rings. The molecule has 28 heavy (non-hydrogen) atoms. The maximum atomic E-state index is 12.0. The first-order valence-electron chi connectivity index (χ1n) is 9.49. The van der Waals surface area contributed by atoms with Gasteiger partial charge in [0.1, 0.15) is 22.7 Å². The van der Waals surface area contributed by atoms with Crippen LogP contribution in [0.15, 0.2) is 36.0 Å². The quantitative estimate of drug-likeness (QED) is 0.603. The number of carbonyl (C=O) groups is 1. The summed E-state index contributed by atoms with van der Waals surface area (Å²) in [4.78, 5) is 24.3. The minimum absolute atomic E-state index is 0.0166. The van der Waals surface area contributed by atoms with Crippen molar-refractivity contribution in [3.63, 3.8) is 0 Å². The predicted octanol–water partition coefficient (Wildman–Crippen LogP) is 4.15. The smallest absolute Gasteiger partial charge is 0.309 e. The first kappa shape index (κ1) is 18.7. The third-order valence-corrected chi connectivity index (χ3v) is 6.05. The Bertz CT molecular complexity index is 963. The molecule has 1 aliphatic rings. The van der Waals surface area contributed by atoms with Crippen LogP contribution >= 0.6 is 11.3 Å². The van der Waals surface area contributed by atoms with Crippen LogP contribution in [-0.2, 0) is 9.53 Å². The average molecular weight is 398 g/mol. The molecule has 0 radical (unpaired) electrons. The van der Waals surface area contributed by atoms with Crippen molar-refractivity contribution in [2.75, 3.05) is 31.7 Å². The normalized spacial score (nSPS) is 15.0. The van der Waals surface area contributed by atoms with E-state index < -0.39 is 0 Å². The molecule has 1 aliphatic heterocycles.